The quantitative estimate of drug-likeness (QED) is 0.757. The Kier molecular flexibility index (Phi) is 5.94. The lowest BCUT2D eigenvalue weighted by molar-refractivity contribution is -0.145. The molecule has 5 heteroatoms. The predicted octanol–water partition coefficient (Wildman–Crippen LogP) is 4.57. The fraction of sp³-hybridized carbons (Fsp3) is 0.478. The van der Waals surface area contributed by atoms with E-state index < -0.39 is 0 Å². The molecule has 150 valence electrons. The molecule has 1 unspecified atom stereocenters. The highest BCUT2D eigenvalue weighted by molar-refractivity contribution is 7.10. The number of rotatable bonds is 4. The van der Waals surface area contributed by atoms with Crippen LogP contribution in [0, 0.1) is 6.92 Å². The molecular weight excluding hydrogens is 368 g/mol. The number of benzene rings is 1. The fourth-order valence-corrected chi connectivity index (χ4v) is 4.71. The molecule has 1 aliphatic heterocycles. The first-order valence-corrected chi connectivity index (χ1v) is 10.8. The van der Waals surface area contributed by atoms with Crippen molar-refractivity contribution in [2.24, 2.45) is 0 Å². The number of fused-ring (bicyclic) bond motifs is 1. The lowest BCUT2D eigenvalue weighted by Gasteiger charge is -2.40. The normalized spacial score (nSPS) is 16.6. The van der Waals surface area contributed by atoms with Crippen LogP contribution in [0.15, 0.2) is 35.7 Å². The number of hydrogen-bond acceptors (Lipinski definition) is 3. The summed E-state index contributed by atoms with van der Waals surface area (Å²) in [5.41, 5.74) is 3.17. The van der Waals surface area contributed by atoms with Crippen molar-refractivity contribution in [1.29, 1.82) is 0 Å². The van der Waals surface area contributed by atoms with Crippen LogP contribution in [-0.4, -0.2) is 40.2 Å². The van der Waals surface area contributed by atoms with E-state index in [9.17, 15) is 9.59 Å². The molecule has 1 aromatic heterocycles. The largest absolute Gasteiger partial charge is 0.330 e. The molecule has 0 bridgehead atoms. The molecule has 0 aliphatic carbocycles. The van der Waals surface area contributed by atoms with Crippen LogP contribution in [0.1, 0.15) is 61.7 Å². The first-order chi connectivity index (χ1) is 13.2. The van der Waals surface area contributed by atoms with Gasteiger partial charge in [0.2, 0.25) is 11.8 Å². The van der Waals surface area contributed by atoms with Crippen LogP contribution in [0.4, 0.5) is 0 Å². The van der Waals surface area contributed by atoms with Crippen molar-refractivity contribution in [3.63, 3.8) is 0 Å². The summed E-state index contributed by atoms with van der Waals surface area (Å²) in [7, 11) is 0. The first kappa shape index (κ1) is 20.6. The molecule has 1 atom stereocenters. The van der Waals surface area contributed by atoms with E-state index in [1.807, 2.05) is 32.6 Å². The number of carbonyl (C=O) groups is 2. The van der Waals surface area contributed by atoms with Crippen LogP contribution in [0.2, 0.25) is 0 Å². The van der Waals surface area contributed by atoms with Gasteiger partial charge in [-0.05, 0) is 56.7 Å². The number of hydrogen-bond donors (Lipinski definition) is 0. The van der Waals surface area contributed by atoms with E-state index in [4.69, 9.17) is 0 Å². The minimum Gasteiger partial charge on any atom is -0.330 e. The third-order valence-corrected chi connectivity index (χ3v) is 6.38. The molecule has 2 heterocycles. The van der Waals surface area contributed by atoms with Gasteiger partial charge in [0.1, 0.15) is 6.54 Å². The van der Waals surface area contributed by atoms with Crippen molar-refractivity contribution >= 4 is 23.2 Å². The zero-order chi connectivity index (χ0) is 20.5. The Morgan fingerprint density at radius 3 is 2.46 bits per heavy atom. The van der Waals surface area contributed by atoms with E-state index in [1.54, 1.807) is 16.2 Å². The number of nitrogens with zero attached hydrogens (tertiary/aromatic N) is 2. The summed E-state index contributed by atoms with van der Waals surface area (Å²) in [6.07, 6.45) is 1.28. The van der Waals surface area contributed by atoms with Gasteiger partial charge in [-0.25, -0.2) is 0 Å². The molecule has 0 N–H and O–H groups in total. The van der Waals surface area contributed by atoms with Gasteiger partial charge < -0.3 is 9.80 Å². The molecule has 2 amide bonds. The van der Waals surface area contributed by atoms with E-state index in [2.05, 4.69) is 42.6 Å². The van der Waals surface area contributed by atoms with Gasteiger partial charge in [0.25, 0.3) is 0 Å². The summed E-state index contributed by atoms with van der Waals surface area (Å²) in [6.45, 7) is 10.7. The Morgan fingerprint density at radius 2 is 1.86 bits per heavy atom. The van der Waals surface area contributed by atoms with Gasteiger partial charge in [-0.1, -0.05) is 36.8 Å². The molecule has 0 saturated heterocycles. The van der Waals surface area contributed by atoms with Crippen molar-refractivity contribution in [2.75, 3.05) is 13.1 Å². The maximum atomic E-state index is 13.4. The van der Waals surface area contributed by atoms with E-state index in [1.165, 1.54) is 16.0 Å². The lowest BCUT2D eigenvalue weighted by atomic mass is 9.92. The lowest BCUT2D eigenvalue weighted by Crippen LogP contribution is -2.52. The maximum absolute atomic E-state index is 13.4. The highest BCUT2D eigenvalue weighted by atomic mass is 32.1. The average Bonchev–Trinajstić information content (AvgIpc) is 3.13. The molecule has 0 saturated carbocycles. The van der Waals surface area contributed by atoms with Gasteiger partial charge in [0.15, 0.2) is 0 Å². The second-order valence-electron chi connectivity index (χ2n) is 8.45. The third kappa shape index (κ3) is 4.14. The second-order valence-corrected chi connectivity index (χ2v) is 9.45. The SMILES string of the molecule is CCC(=O)N(CC(=O)N1CCc2sccc2C1c1ccc(C)cc1)C(C)(C)C. The Morgan fingerprint density at radius 1 is 1.18 bits per heavy atom. The van der Waals surface area contributed by atoms with E-state index in [0.717, 1.165) is 12.0 Å². The Bertz CT molecular complexity index is 848. The number of aryl methyl sites for hydroxylation is 1. The Labute approximate surface area is 172 Å². The molecule has 3 rings (SSSR count). The summed E-state index contributed by atoms with van der Waals surface area (Å²) < 4.78 is 0. The molecular formula is C23H30N2O2S. The number of amides is 2. The molecule has 1 aliphatic rings. The fourth-order valence-electron chi connectivity index (χ4n) is 3.81. The zero-order valence-corrected chi connectivity index (χ0v) is 18.3. The summed E-state index contributed by atoms with van der Waals surface area (Å²) in [6, 6.07) is 10.5. The van der Waals surface area contributed by atoms with Crippen LogP contribution in [0.5, 0.6) is 0 Å². The molecule has 2 aromatic rings. The van der Waals surface area contributed by atoms with Gasteiger partial charge in [0, 0.05) is 23.4 Å². The summed E-state index contributed by atoms with van der Waals surface area (Å²) in [5, 5.41) is 2.11. The third-order valence-electron chi connectivity index (χ3n) is 5.39. The highest BCUT2D eigenvalue weighted by Gasteiger charge is 2.35. The molecule has 0 spiro atoms. The molecule has 0 radical (unpaired) electrons. The molecule has 28 heavy (non-hydrogen) atoms. The first-order valence-electron chi connectivity index (χ1n) is 9.95. The number of thiophene rings is 1. The van der Waals surface area contributed by atoms with Crippen LogP contribution < -0.4 is 0 Å². The van der Waals surface area contributed by atoms with Gasteiger partial charge in [0.05, 0.1) is 6.04 Å². The van der Waals surface area contributed by atoms with Crippen LogP contribution in [-0.2, 0) is 16.0 Å². The Balaban J connectivity index is 1.93. The van der Waals surface area contributed by atoms with Crippen LogP contribution in [0.25, 0.3) is 0 Å². The van der Waals surface area contributed by atoms with Crippen molar-refractivity contribution in [2.45, 2.75) is 59.0 Å². The van der Waals surface area contributed by atoms with Crippen LogP contribution in [0.3, 0.4) is 0 Å². The van der Waals surface area contributed by atoms with Crippen LogP contribution >= 0.6 is 11.3 Å². The monoisotopic (exact) mass is 398 g/mol. The van der Waals surface area contributed by atoms with Crippen molar-refractivity contribution < 1.29 is 9.59 Å². The topological polar surface area (TPSA) is 40.6 Å². The summed E-state index contributed by atoms with van der Waals surface area (Å²) in [4.78, 5) is 30.9. The minimum absolute atomic E-state index is 0.0131. The molecule has 4 nitrogen and oxygen atoms in total. The van der Waals surface area contributed by atoms with Gasteiger partial charge in [-0.15, -0.1) is 11.3 Å². The van der Waals surface area contributed by atoms with Gasteiger partial charge in [-0.3, -0.25) is 9.59 Å². The van der Waals surface area contributed by atoms with Crippen molar-refractivity contribution in [1.82, 2.24) is 9.80 Å². The predicted molar refractivity (Wildman–Crippen MR) is 115 cm³/mol. The Hall–Kier alpha value is -2.14. The second kappa shape index (κ2) is 8.08. The van der Waals surface area contributed by atoms with Gasteiger partial charge >= 0.3 is 0 Å². The maximum Gasteiger partial charge on any atom is 0.243 e. The highest BCUT2D eigenvalue weighted by Crippen LogP contribution is 2.38. The van der Waals surface area contributed by atoms with E-state index >= 15 is 0 Å². The molecule has 1 aromatic carbocycles. The number of carbonyl (C=O) groups excluding carboxylic acids is 2. The average molecular weight is 399 g/mol. The standard InChI is InChI=1S/C23H30N2O2S/c1-6-20(26)25(23(3,4)5)15-21(27)24-13-11-19-18(12-14-28-19)22(24)17-9-7-16(2)8-10-17/h7-10,12,14,22H,6,11,13,15H2,1-5H3. The minimum atomic E-state index is -0.383. The smallest absolute Gasteiger partial charge is 0.243 e. The van der Waals surface area contributed by atoms with E-state index in [-0.39, 0.29) is 29.9 Å². The molecule has 0 fully saturated rings. The van der Waals surface area contributed by atoms with Crippen molar-refractivity contribution in [3.05, 3.63) is 57.3 Å². The summed E-state index contributed by atoms with van der Waals surface area (Å²) in [5.74, 6) is 0.0279. The van der Waals surface area contributed by atoms with E-state index in [0.29, 0.717) is 13.0 Å². The van der Waals surface area contributed by atoms with Gasteiger partial charge in [-0.2, -0.15) is 0 Å². The zero-order valence-electron chi connectivity index (χ0n) is 17.5. The van der Waals surface area contributed by atoms with Crippen molar-refractivity contribution in [3.8, 4) is 0 Å². The summed E-state index contributed by atoms with van der Waals surface area (Å²) >= 11 is 1.76.